The van der Waals surface area contributed by atoms with Crippen molar-refractivity contribution in [1.29, 1.82) is 0 Å². The average Bonchev–Trinajstić information content (AvgIpc) is 3.10. The number of imidazole rings is 1. The van der Waals surface area contributed by atoms with Crippen LogP contribution in [0.4, 0.5) is 5.69 Å². The van der Waals surface area contributed by atoms with Gasteiger partial charge in [0.1, 0.15) is 0 Å². The third kappa shape index (κ3) is 3.62. The van der Waals surface area contributed by atoms with Crippen LogP contribution in [0.2, 0.25) is 0 Å². The lowest BCUT2D eigenvalue weighted by Crippen LogP contribution is -2.43. The molecule has 3 aromatic rings. The van der Waals surface area contributed by atoms with Gasteiger partial charge in [0.2, 0.25) is 5.91 Å². The summed E-state index contributed by atoms with van der Waals surface area (Å²) >= 11 is 1.63. The van der Waals surface area contributed by atoms with E-state index in [1.165, 1.54) is 22.6 Å². The Bertz CT molecular complexity index is 1570. The van der Waals surface area contributed by atoms with Crippen LogP contribution in [0.25, 0.3) is 4.96 Å². The van der Waals surface area contributed by atoms with Gasteiger partial charge in [-0.3, -0.25) is 23.7 Å². The molecule has 8 nitrogen and oxygen atoms in total. The molecule has 2 saturated carbocycles. The summed E-state index contributed by atoms with van der Waals surface area (Å²) in [6.07, 6.45) is 14.0. The molecule has 0 radical (unpaired) electrons. The molecular weight excluding hydrogens is 522 g/mol. The van der Waals surface area contributed by atoms with E-state index >= 15 is 0 Å². The van der Waals surface area contributed by atoms with E-state index in [4.69, 9.17) is 0 Å². The number of nitrogens with one attached hydrogen (secondary N) is 1. The predicted molar refractivity (Wildman–Crippen MR) is 152 cm³/mol. The number of aromatic nitrogens is 2. The molecule has 2 bridgehead atoms. The van der Waals surface area contributed by atoms with Crippen molar-refractivity contribution >= 4 is 39.7 Å². The first-order valence-corrected chi connectivity index (χ1v) is 15.4. The first kappa shape index (κ1) is 24.3. The topological polar surface area (TPSA) is 87.0 Å². The number of imide groups is 1. The lowest BCUT2D eigenvalue weighted by Gasteiger charge is -2.34. The normalized spacial score (nSPS) is 27.8. The molecule has 4 unspecified atom stereocenters. The van der Waals surface area contributed by atoms with E-state index in [9.17, 15) is 14.4 Å². The third-order valence-corrected chi connectivity index (χ3v) is 11.0. The summed E-state index contributed by atoms with van der Waals surface area (Å²) in [7, 11) is 0. The molecule has 2 aliphatic heterocycles. The van der Waals surface area contributed by atoms with Crippen molar-refractivity contribution in [2.24, 2.45) is 29.1 Å². The Kier molecular flexibility index (Phi) is 5.34. The van der Waals surface area contributed by atoms with Crippen LogP contribution in [-0.2, 0) is 11.3 Å². The number of benzene rings is 1. The average molecular weight is 556 g/mol. The summed E-state index contributed by atoms with van der Waals surface area (Å²) in [5.74, 6) is 0.973. The summed E-state index contributed by atoms with van der Waals surface area (Å²) < 4.78 is 2.00. The van der Waals surface area contributed by atoms with Crippen LogP contribution < -0.4 is 10.2 Å². The molecule has 3 aliphatic carbocycles. The number of nitrogens with zero attached hydrogens (tertiary/aromatic N) is 4. The second-order valence-corrected chi connectivity index (χ2v) is 13.6. The van der Waals surface area contributed by atoms with E-state index in [0.29, 0.717) is 53.9 Å². The molecule has 4 atom stereocenters. The monoisotopic (exact) mass is 555 g/mol. The van der Waals surface area contributed by atoms with Gasteiger partial charge < -0.3 is 10.2 Å². The molecule has 3 fully saturated rings. The molecule has 2 aromatic heterocycles. The standard InChI is InChI=1S/C31H33N5O3S/c1-18-14-35-17-22(33-30(35)40-18)13-32-27(37)19-4-3-11-34(15-19)25-6-2-5-23-26(25)29(39)36(28(23)38)16-20-12-21-7-8-24(20)31(21)9-10-31/h2,5-8,14,17,19-21,24H,3-4,9-13,15-16H2,1H3,(H,32,37). The van der Waals surface area contributed by atoms with Crippen LogP contribution in [0.5, 0.6) is 0 Å². The summed E-state index contributed by atoms with van der Waals surface area (Å²) in [6.45, 7) is 4.25. The summed E-state index contributed by atoms with van der Waals surface area (Å²) in [6, 6.07) is 5.60. The number of hydrogen-bond donors (Lipinski definition) is 1. The Morgan fingerprint density at radius 3 is 2.85 bits per heavy atom. The maximum absolute atomic E-state index is 13.8. The fraction of sp³-hybridized carbons (Fsp3) is 0.484. The van der Waals surface area contributed by atoms with Gasteiger partial charge in [-0.05, 0) is 74.3 Å². The van der Waals surface area contributed by atoms with E-state index in [-0.39, 0.29) is 23.6 Å². The van der Waals surface area contributed by atoms with Crippen molar-refractivity contribution in [2.45, 2.75) is 45.6 Å². The van der Waals surface area contributed by atoms with Gasteiger partial charge in [0, 0.05) is 36.9 Å². The van der Waals surface area contributed by atoms with Crippen LogP contribution in [-0.4, -0.2) is 51.6 Å². The quantitative estimate of drug-likeness (QED) is 0.359. The minimum absolute atomic E-state index is 0.00665. The SMILES string of the molecule is Cc1cn2cc(CNC(=O)C3CCCN(c4cccc5c4C(=O)N(CC4CC6C=CC4C64CC4)C5=O)C3)nc2s1. The zero-order valence-electron chi connectivity index (χ0n) is 22.6. The maximum Gasteiger partial charge on any atom is 0.263 e. The summed E-state index contributed by atoms with van der Waals surface area (Å²) in [5, 5.41) is 3.07. The van der Waals surface area contributed by atoms with Crippen LogP contribution in [0.15, 0.2) is 42.7 Å². The van der Waals surface area contributed by atoms with Gasteiger partial charge in [0.25, 0.3) is 11.8 Å². The number of anilines is 1. The van der Waals surface area contributed by atoms with Crippen LogP contribution in [0.1, 0.15) is 63.4 Å². The number of piperidine rings is 1. The fourth-order valence-electron chi connectivity index (χ4n) is 8.09. The van der Waals surface area contributed by atoms with Crippen molar-refractivity contribution in [3.05, 3.63) is 64.4 Å². The smallest absolute Gasteiger partial charge is 0.263 e. The number of aryl methyl sites for hydroxylation is 1. The van der Waals surface area contributed by atoms with Crippen molar-refractivity contribution in [1.82, 2.24) is 19.6 Å². The number of carbonyl (C=O) groups excluding carboxylic acids is 3. The number of hydrogen-bond acceptors (Lipinski definition) is 6. The molecular formula is C31H33N5O3S. The van der Waals surface area contributed by atoms with Crippen LogP contribution in [0.3, 0.4) is 0 Å². The Balaban J connectivity index is 0.963. The van der Waals surface area contributed by atoms with Gasteiger partial charge in [-0.2, -0.15) is 0 Å². The Morgan fingerprint density at radius 2 is 2.05 bits per heavy atom. The molecule has 206 valence electrons. The zero-order valence-corrected chi connectivity index (χ0v) is 23.5. The molecule has 1 spiro atoms. The molecule has 4 heterocycles. The van der Waals surface area contributed by atoms with Gasteiger partial charge in [-0.25, -0.2) is 4.98 Å². The zero-order chi connectivity index (χ0) is 27.2. The van der Waals surface area contributed by atoms with E-state index in [1.807, 2.05) is 28.9 Å². The van der Waals surface area contributed by atoms with E-state index in [0.717, 1.165) is 42.1 Å². The molecule has 1 saturated heterocycles. The van der Waals surface area contributed by atoms with Crippen molar-refractivity contribution in [3.63, 3.8) is 0 Å². The number of rotatable bonds is 6. The van der Waals surface area contributed by atoms with E-state index < -0.39 is 0 Å². The molecule has 3 amide bonds. The number of allylic oxidation sites excluding steroid dienone is 2. The van der Waals surface area contributed by atoms with Gasteiger partial charge in [0.15, 0.2) is 4.96 Å². The Morgan fingerprint density at radius 1 is 1.18 bits per heavy atom. The number of amides is 3. The summed E-state index contributed by atoms with van der Waals surface area (Å²) in [4.78, 5) is 50.8. The highest BCUT2D eigenvalue weighted by atomic mass is 32.1. The van der Waals surface area contributed by atoms with E-state index in [1.54, 1.807) is 17.4 Å². The van der Waals surface area contributed by atoms with Gasteiger partial charge in [0.05, 0.1) is 35.0 Å². The van der Waals surface area contributed by atoms with Crippen molar-refractivity contribution in [3.8, 4) is 0 Å². The molecule has 5 aliphatic rings. The molecule has 9 heteroatoms. The second-order valence-electron chi connectivity index (χ2n) is 12.4. The highest BCUT2D eigenvalue weighted by Gasteiger charge is 2.63. The predicted octanol–water partition coefficient (Wildman–Crippen LogP) is 4.44. The Labute approximate surface area is 237 Å². The molecule has 1 aromatic carbocycles. The molecule has 1 N–H and O–H groups in total. The highest BCUT2D eigenvalue weighted by molar-refractivity contribution is 7.16. The fourth-order valence-corrected chi connectivity index (χ4v) is 8.92. The highest BCUT2D eigenvalue weighted by Crippen LogP contribution is 2.70. The van der Waals surface area contributed by atoms with Gasteiger partial charge in [-0.1, -0.05) is 18.2 Å². The maximum atomic E-state index is 13.8. The first-order chi connectivity index (χ1) is 19.4. The number of thiazole rings is 1. The second kappa shape index (κ2) is 8.77. The third-order valence-electron chi connectivity index (χ3n) is 10.1. The molecule has 40 heavy (non-hydrogen) atoms. The Hall–Kier alpha value is -3.46. The van der Waals surface area contributed by atoms with Gasteiger partial charge >= 0.3 is 0 Å². The van der Waals surface area contributed by atoms with Crippen molar-refractivity contribution < 1.29 is 14.4 Å². The van der Waals surface area contributed by atoms with Crippen LogP contribution in [0, 0.1) is 36.0 Å². The first-order valence-electron chi connectivity index (χ1n) is 14.6. The van der Waals surface area contributed by atoms with Crippen molar-refractivity contribution in [2.75, 3.05) is 24.5 Å². The van der Waals surface area contributed by atoms with E-state index in [2.05, 4.69) is 34.3 Å². The largest absolute Gasteiger partial charge is 0.370 e. The number of fused-ring (bicyclic) bond motifs is 2. The minimum Gasteiger partial charge on any atom is -0.370 e. The molecule has 8 rings (SSSR count). The minimum atomic E-state index is -0.186. The lowest BCUT2D eigenvalue weighted by atomic mass is 9.88. The number of carbonyl (C=O) groups is 3. The summed E-state index contributed by atoms with van der Waals surface area (Å²) in [5.41, 5.74) is 3.08. The van der Waals surface area contributed by atoms with Crippen LogP contribution >= 0.6 is 11.3 Å². The van der Waals surface area contributed by atoms with Gasteiger partial charge in [-0.15, -0.1) is 11.3 Å². The lowest BCUT2D eigenvalue weighted by molar-refractivity contribution is -0.125.